The summed E-state index contributed by atoms with van der Waals surface area (Å²) in [4.78, 5) is 9.39. The monoisotopic (exact) mass is 214 g/mol. The number of aromatic nitrogens is 2. The van der Waals surface area contributed by atoms with Gasteiger partial charge in [-0.25, -0.2) is 18.7 Å². The highest BCUT2D eigenvalue weighted by Crippen LogP contribution is 2.30. The molecular weight excluding hydrogens is 202 g/mol. The van der Waals surface area contributed by atoms with Gasteiger partial charge in [-0.15, -0.1) is 0 Å². The zero-order chi connectivity index (χ0) is 10.8. The molecule has 0 spiro atoms. The Bertz CT molecular complexity index is 343. The highest BCUT2D eigenvalue weighted by Gasteiger charge is 2.31. The van der Waals surface area contributed by atoms with E-state index in [2.05, 4.69) is 9.97 Å². The van der Waals surface area contributed by atoms with E-state index >= 15 is 0 Å². The lowest BCUT2D eigenvalue weighted by Crippen LogP contribution is -2.52. The molecule has 82 valence electrons. The number of nitrogens with zero attached hydrogens (tertiary/aromatic N) is 3. The Morgan fingerprint density at radius 3 is 2.73 bits per heavy atom. The molecule has 1 aromatic rings. The van der Waals surface area contributed by atoms with Crippen LogP contribution in [0, 0.1) is 0 Å². The molecule has 4 nitrogen and oxygen atoms in total. The van der Waals surface area contributed by atoms with Crippen LogP contribution in [0.15, 0.2) is 12.4 Å². The lowest BCUT2D eigenvalue weighted by atomic mass is 10.0. The minimum absolute atomic E-state index is 0.124. The molecule has 2 heterocycles. The Balaban J connectivity index is 2.27. The van der Waals surface area contributed by atoms with Gasteiger partial charge >= 0.3 is 0 Å². The molecule has 1 aliphatic rings. The molecule has 1 unspecified atom stereocenters. The summed E-state index contributed by atoms with van der Waals surface area (Å²) in [7, 11) is 0. The normalized spacial score (nSPS) is 20.5. The third kappa shape index (κ3) is 1.77. The van der Waals surface area contributed by atoms with Crippen LogP contribution in [0.4, 0.5) is 14.6 Å². The van der Waals surface area contributed by atoms with Crippen molar-refractivity contribution in [3.8, 4) is 0 Å². The van der Waals surface area contributed by atoms with Crippen LogP contribution < -0.4 is 10.6 Å². The Hall–Kier alpha value is -1.30. The number of nitrogens with two attached hydrogens (primary N) is 1. The number of rotatable bonds is 3. The predicted molar refractivity (Wildman–Crippen MR) is 51.8 cm³/mol. The van der Waals surface area contributed by atoms with Crippen molar-refractivity contribution in [3.05, 3.63) is 18.1 Å². The summed E-state index contributed by atoms with van der Waals surface area (Å²) in [6.45, 7) is 1.18. The molecule has 1 atom stereocenters. The fourth-order valence-electron chi connectivity index (χ4n) is 1.68. The summed E-state index contributed by atoms with van der Waals surface area (Å²) in [5.74, 6) is 0.272. The first-order valence-corrected chi connectivity index (χ1v) is 4.79. The van der Waals surface area contributed by atoms with E-state index in [4.69, 9.17) is 5.73 Å². The molecule has 1 aromatic heterocycles. The van der Waals surface area contributed by atoms with E-state index < -0.39 is 6.43 Å². The summed E-state index contributed by atoms with van der Waals surface area (Å²) in [5.41, 5.74) is 5.26. The summed E-state index contributed by atoms with van der Waals surface area (Å²) in [6, 6.07) is 0.124. The molecule has 0 saturated carbocycles. The molecule has 0 radical (unpaired) electrons. The van der Waals surface area contributed by atoms with Crippen molar-refractivity contribution in [2.45, 2.75) is 18.9 Å². The number of hydrogen-bond acceptors (Lipinski definition) is 4. The van der Waals surface area contributed by atoms with Crippen LogP contribution in [-0.2, 0) is 0 Å². The SMILES string of the molecule is NCC1CCN1c1nccnc1C(F)F. The summed E-state index contributed by atoms with van der Waals surface area (Å²) in [5, 5.41) is 0. The van der Waals surface area contributed by atoms with Crippen molar-refractivity contribution < 1.29 is 8.78 Å². The fraction of sp³-hybridized carbons (Fsp3) is 0.556. The second-order valence-electron chi connectivity index (χ2n) is 3.44. The first-order valence-electron chi connectivity index (χ1n) is 4.79. The van der Waals surface area contributed by atoms with Crippen LogP contribution >= 0.6 is 0 Å². The molecule has 1 fully saturated rings. The van der Waals surface area contributed by atoms with E-state index in [0.29, 0.717) is 6.54 Å². The zero-order valence-electron chi connectivity index (χ0n) is 8.11. The molecule has 0 aliphatic carbocycles. The molecule has 2 rings (SSSR count). The molecule has 0 aromatic carbocycles. The molecule has 1 saturated heterocycles. The molecule has 1 aliphatic heterocycles. The Labute approximate surface area is 86.1 Å². The van der Waals surface area contributed by atoms with Gasteiger partial charge in [-0.2, -0.15) is 0 Å². The molecule has 0 amide bonds. The van der Waals surface area contributed by atoms with Crippen molar-refractivity contribution in [2.75, 3.05) is 18.0 Å². The second-order valence-corrected chi connectivity index (χ2v) is 3.44. The van der Waals surface area contributed by atoms with Crippen LogP contribution in [0.2, 0.25) is 0 Å². The number of anilines is 1. The predicted octanol–water partition coefficient (Wildman–Crippen LogP) is 0.952. The average Bonchev–Trinajstić information content (AvgIpc) is 2.17. The Kier molecular flexibility index (Phi) is 2.77. The topological polar surface area (TPSA) is 55.0 Å². The van der Waals surface area contributed by atoms with Crippen molar-refractivity contribution in [1.82, 2.24) is 9.97 Å². The van der Waals surface area contributed by atoms with Gasteiger partial charge in [0.25, 0.3) is 6.43 Å². The van der Waals surface area contributed by atoms with Crippen molar-refractivity contribution >= 4 is 5.82 Å². The van der Waals surface area contributed by atoms with Crippen LogP contribution in [0.1, 0.15) is 18.5 Å². The van der Waals surface area contributed by atoms with Gasteiger partial charge in [-0.3, -0.25) is 0 Å². The van der Waals surface area contributed by atoms with Gasteiger partial charge in [0, 0.05) is 31.5 Å². The van der Waals surface area contributed by atoms with Gasteiger partial charge in [-0.1, -0.05) is 0 Å². The van der Waals surface area contributed by atoms with E-state index in [0.717, 1.165) is 13.0 Å². The fourth-order valence-corrected chi connectivity index (χ4v) is 1.68. The van der Waals surface area contributed by atoms with Gasteiger partial charge in [0.2, 0.25) is 0 Å². The zero-order valence-corrected chi connectivity index (χ0v) is 8.11. The Morgan fingerprint density at radius 2 is 2.20 bits per heavy atom. The van der Waals surface area contributed by atoms with Crippen molar-refractivity contribution in [3.63, 3.8) is 0 Å². The maximum Gasteiger partial charge on any atom is 0.284 e. The van der Waals surface area contributed by atoms with Gasteiger partial charge in [0.05, 0.1) is 0 Å². The first-order chi connectivity index (χ1) is 7.24. The van der Waals surface area contributed by atoms with Crippen LogP contribution in [0.3, 0.4) is 0 Å². The first kappa shape index (κ1) is 10.2. The lowest BCUT2D eigenvalue weighted by Gasteiger charge is -2.41. The summed E-state index contributed by atoms with van der Waals surface area (Å²) >= 11 is 0. The van der Waals surface area contributed by atoms with Gasteiger partial charge in [0.15, 0.2) is 5.82 Å². The van der Waals surface area contributed by atoms with Gasteiger partial charge < -0.3 is 10.6 Å². The third-order valence-corrected chi connectivity index (χ3v) is 2.60. The number of halogens is 2. The smallest absolute Gasteiger partial charge is 0.284 e. The highest BCUT2D eigenvalue weighted by molar-refractivity contribution is 5.47. The standard InChI is InChI=1S/C9H12F2N4/c10-8(11)7-9(14-3-2-13-7)15-4-1-6(15)5-12/h2-3,6,8H,1,4-5,12H2. The van der Waals surface area contributed by atoms with Gasteiger partial charge in [-0.05, 0) is 6.42 Å². The third-order valence-electron chi connectivity index (χ3n) is 2.60. The molecule has 2 N–H and O–H groups in total. The molecule has 0 bridgehead atoms. The number of hydrogen-bond donors (Lipinski definition) is 1. The summed E-state index contributed by atoms with van der Waals surface area (Å²) in [6.07, 6.45) is 1.04. The van der Waals surface area contributed by atoms with E-state index in [1.165, 1.54) is 12.4 Å². The minimum atomic E-state index is -2.59. The minimum Gasteiger partial charge on any atom is -0.351 e. The van der Waals surface area contributed by atoms with E-state index in [-0.39, 0.29) is 17.6 Å². The molecule has 6 heteroatoms. The quantitative estimate of drug-likeness (QED) is 0.814. The lowest BCUT2D eigenvalue weighted by molar-refractivity contribution is 0.145. The maximum atomic E-state index is 12.6. The Morgan fingerprint density at radius 1 is 1.47 bits per heavy atom. The van der Waals surface area contributed by atoms with Crippen LogP contribution in [0.25, 0.3) is 0 Å². The number of alkyl halides is 2. The van der Waals surface area contributed by atoms with Crippen molar-refractivity contribution in [2.24, 2.45) is 5.73 Å². The van der Waals surface area contributed by atoms with Crippen molar-refractivity contribution in [1.29, 1.82) is 0 Å². The van der Waals surface area contributed by atoms with E-state index in [9.17, 15) is 8.78 Å². The molecule has 15 heavy (non-hydrogen) atoms. The van der Waals surface area contributed by atoms with Crippen LogP contribution in [0.5, 0.6) is 0 Å². The maximum absolute atomic E-state index is 12.6. The largest absolute Gasteiger partial charge is 0.351 e. The van der Waals surface area contributed by atoms with E-state index in [1.54, 1.807) is 4.90 Å². The summed E-state index contributed by atoms with van der Waals surface area (Å²) < 4.78 is 25.2. The second kappa shape index (κ2) is 4.06. The van der Waals surface area contributed by atoms with Crippen LogP contribution in [-0.4, -0.2) is 29.1 Å². The average molecular weight is 214 g/mol. The molecular formula is C9H12F2N4. The van der Waals surface area contributed by atoms with Gasteiger partial charge in [0.1, 0.15) is 5.69 Å². The van der Waals surface area contributed by atoms with E-state index in [1.807, 2.05) is 0 Å². The highest BCUT2D eigenvalue weighted by atomic mass is 19.3.